The van der Waals surface area contributed by atoms with Crippen LogP contribution in [0.2, 0.25) is 0 Å². The quantitative estimate of drug-likeness (QED) is 0.677. The monoisotopic (exact) mass is 196 g/mol. The Morgan fingerprint density at radius 3 is 2.69 bits per heavy atom. The van der Waals surface area contributed by atoms with E-state index in [1.807, 2.05) is 31.4 Å². The molecule has 0 unspecified atom stereocenters. The van der Waals surface area contributed by atoms with Crippen LogP contribution in [-0.4, -0.2) is 5.78 Å². The van der Waals surface area contributed by atoms with Crippen molar-refractivity contribution in [3.8, 4) is 0 Å². The summed E-state index contributed by atoms with van der Waals surface area (Å²) in [6.45, 7) is 5.56. The summed E-state index contributed by atoms with van der Waals surface area (Å²) in [5.41, 5.74) is 0. The average molecular weight is 196 g/mol. The lowest BCUT2D eigenvalue weighted by Crippen LogP contribution is -1.80. The number of carbonyl (C=O) groups excluding carboxylic acids is 1. The molecular formula is C11H16OS. The first-order valence-corrected chi connectivity index (χ1v) is 5.36. The number of hydrogen-bond donors (Lipinski definition) is 0. The van der Waals surface area contributed by atoms with Crippen molar-refractivity contribution in [2.75, 3.05) is 0 Å². The number of carbonyl (C=O) groups is 1. The van der Waals surface area contributed by atoms with E-state index >= 15 is 0 Å². The highest BCUT2D eigenvalue weighted by atomic mass is 32.1. The Morgan fingerprint density at radius 1 is 1.54 bits per heavy atom. The fraction of sp³-hybridized carbons (Fsp3) is 0.364. The zero-order chi connectivity index (χ0) is 10.1. The predicted molar refractivity (Wildman–Crippen MR) is 59.2 cm³/mol. The lowest BCUT2D eigenvalue weighted by Gasteiger charge is -1.85. The van der Waals surface area contributed by atoms with Crippen LogP contribution in [0.15, 0.2) is 29.7 Å². The Balaban J connectivity index is 0.000000671. The molecule has 1 aromatic heterocycles. The third-order valence-corrected chi connectivity index (χ3v) is 2.15. The number of hydrogen-bond acceptors (Lipinski definition) is 2. The molecule has 0 radical (unpaired) electrons. The Labute approximate surface area is 84.1 Å². The van der Waals surface area contributed by atoms with Gasteiger partial charge in [0.15, 0.2) is 5.78 Å². The molecule has 0 bridgehead atoms. The van der Waals surface area contributed by atoms with E-state index in [0.29, 0.717) is 0 Å². The van der Waals surface area contributed by atoms with E-state index in [1.54, 1.807) is 24.3 Å². The smallest absolute Gasteiger partial charge is 0.152 e. The molecular weight excluding hydrogens is 180 g/mol. The first kappa shape index (κ1) is 12.1. The SMILES string of the molecule is CC.CC(=O)/C=C/Cc1cccs1. The molecule has 0 N–H and O–H groups in total. The molecule has 0 aliphatic carbocycles. The summed E-state index contributed by atoms with van der Waals surface area (Å²) < 4.78 is 0. The van der Waals surface area contributed by atoms with Crippen LogP contribution >= 0.6 is 11.3 Å². The molecule has 0 saturated heterocycles. The number of thiophene rings is 1. The van der Waals surface area contributed by atoms with Crippen molar-refractivity contribution < 1.29 is 4.79 Å². The van der Waals surface area contributed by atoms with Gasteiger partial charge in [0, 0.05) is 11.3 Å². The van der Waals surface area contributed by atoms with Crippen LogP contribution in [-0.2, 0) is 11.2 Å². The fourth-order valence-corrected chi connectivity index (χ4v) is 1.45. The van der Waals surface area contributed by atoms with Gasteiger partial charge in [-0.25, -0.2) is 0 Å². The van der Waals surface area contributed by atoms with Gasteiger partial charge in [-0.1, -0.05) is 26.0 Å². The molecule has 1 rings (SSSR count). The maximum atomic E-state index is 10.5. The number of allylic oxidation sites excluding steroid dienone is 2. The van der Waals surface area contributed by atoms with Crippen molar-refractivity contribution >= 4 is 17.1 Å². The minimum absolute atomic E-state index is 0.113. The van der Waals surface area contributed by atoms with Gasteiger partial charge in [0.2, 0.25) is 0 Å². The molecule has 13 heavy (non-hydrogen) atoms. The molecule has 0 amide bonds. The van der Waals surface area contributed by atoms with Crippen molar-refractivity contribution in [2.45, 2.75) is 27.2 Å². The molecule has 0 aromatic carbocycles. The largest absolute Gasteiger partial charge is 0.295 e. The second-order valence-electron chi connectivity index (χ2n) is 2.30. The van der Waals surface area contributed by atoms with E-state index in [-0.39, 0.29) is 5.78 Å². The third kappa shape index (κ3) is 6.29. The van der Waals surface area contributed by atoms with Gasteiger partial charge in [-0.2, -0.15) is 0 Å². The zero-order valence-corrected chi connectivity index (χ0v) is 9.23. The molecule has 0 fully saturated rings. The number of ketones is 1. The summed E-state index contributed by atoms with van der Waals surface area (Å²) in [7, 11) is 0. The fourth-order valence-electron chi connectivity index (χ4n) is 0.770. The highest BCUT2D eigenvalue weighted by Gasteiger charge is 1.88. The highest BCUT2D eigenvalue weighted by molar-refractivity contribution is 7.09. The van der Waals surface area contributed by atoms with Gasteiger partial charge in [0.05, 0.1) is 0 Å². The van der Waals surface area contributed by atoms with Crippen LogP contribution in [0.25, 0.3) is 0 Å². The summed E-state index contributed by atoms with van der Waals surface area (Å²) in [5.74, 6) is 0.113. The molecule has 1 nitrogen and oxygen atoms in total. The first-order valence-electron chi connectivity index (χ1n) is 4.48. The summed E-state index contributed by atoms with van der Waals surface area (Å²) in [6.07, 6.45) is 4.38. The van der Waals surface area contributed by atoms with Crippen LogP contribution in [0, 0.1) is 0 Å². The molecule has 0 aliphatic rings. The van der Waals surface area contributed by atoms with Crippen LogP contribution in [0.5, 0.6) is 0 Å². The first-order chi connectivity index (χ1) is 6.29. The Hall–Kier alpha value is -0.890. The van der Waals surface area contributed by atoms with Crippen molar-refractivity contribution in [3.63, 3.8) is 0 Å². The van der Waals surface area contributed by atoms with Crippen molar-refractivity contribution in [1.82, 2.24) is 0 Å². The summed E-state index contributed by atoms with van der Waals surface area (Å²) in [4.78, 5) is 11.8. The second-order valence-corrected chi connectivity index (χ2v) is 3.33. The van der Waals surface area contributed by atoms with Crippen molar-refractivity contribution in [3.05, 3.63) is 34.5 Å². The predicted octanol–water partition coefficient (Wildman–Crippen LogP) is 3.46. The molecule has 0 aliphatic heterocycles. The van der Waals surface area contributed by atoms with E-state index in [0.717, 1.165) is 6.42 Å². The minimum Gasteiger partial charge on any atom is -0.295 e. The molecule has 1 heterocycles. The maximum absolute atomic E-state index is 10.5. The zero-order valence-electron chi connectivity index (χ0n) is 8.41. The van der Waals surface area contributed by atoms with Gasteiger partial charge in [-0.05, 0) is 24.4 Å². The maximum Gasteiger partial charge on any atom is 0.152 e. The van der Waals surface area contributed by atoms with Gasteiger partial charge >= 0.3 is 0 Å². The number of rotatable bonds is 3. The lowest BCUT2D eigenvalue weighted by atomic mass is 10.3. The van der Waals surface area contributed by atoms with Crippen molar-refractivity contribution in [2.24, 2.45) is 0 Å². The van der Waals surface area contributed by atoms with Crippen LogP contribution in [0.4, 0.5) is 0 Å². The van der Waals surface area contributed by atoms with Gasteiger partial charge in [0.1, 0.15) is 0 Å². The summed E-state index contributed by atoms with van der Waals surface area (Å²) >= 11 is 1.71. The Bertz CT molecular complexity index is 247. The van der Waals surface area contributed by atoms with E-state index in [9.17, 15) is 4.79 Å². The van der Waals surface area contributed by atoms with Gasteiger partial charge < -0.3 is 0 Å². The van der Waals surface area contributed by atoms with E-state index in [1.165, 1.54) is 4.88 Å². The molecule has 1 aromatic rings. The van der Waals surface area contributed by atoms with Gasteiger partial charge in [-0.15, -0.1) is 11.3 Å². The van der Waals surface area contributed by atoms with Crippen LogP contribution in [0.1, 0.15) is 25.6 Å². The molecule has 72 valence electrons. The average Bonchev–Trinajstić information content (AvgIpc) is 2.60. The van der Waals surface area contributed by atoms with Gasteiger partial charge in [0.25, 0.3) is 0 Å². The summed E-state index contributed by atoms with van der Waals surface area (Å²) in [6, 6.07) is 4.08. The molecule has 0 spiro atoms. The Kier molecular flexibility index (Phi) is 7.21. The molecule has 0 saturated carbocycles. The lowest BCUT2D eigenvalue weighted by molar-refractivity contribution is -0.112. The molecule has 0 atom stereocenters. The third-order valence-electron chi connectivity index (χ3n) is 1.25. The standard InChI is InChI=1S/C9H10OS.C2H6/c1-8(10)4-2-5-9-6-3-7-11-9;1-2/h2-4,6-7H,5H2,1H3;1-2H3/b4-2+;. The summed E-state index contributed by atoms with van der Waals surface area (Å²) in [5, 5.41) is 2.04. The van der Waals surface area contributed by atoms with E-state index in [2.05, 4.69) is 6.07 Å². The Morgan fingerprint density at radius 2 is 2.23 bits per heavy atom. The normalized spacial score (nSPS) is 9.46. The van der Waals surface area contributed by atoms with Crippen LogP contribution in [0.3, 0.4) is 0 Å². The van der Waals surface area contributed by atoms with E-state index in [4.69, 9.17) is 0 Å². The molecule has 2 heteroatoms. The topological polar surface area (TPSA) is 17.1 Å². The second kappa shape index (κ2) is 7.74. The van der Waals surface area contributed by atoms with Gasteiger partial charge in [-0.3, -0.25) is 4.79 Å². The highest BCUT2D eigenvalue weighted by Crippen LogP contribution is 2.09. The minimum atomic E-state index is 0.113. The van der Waals surface area contributed by atoms with Crippen LogP contribution < -0.4 is 0 Å². The van der Waals surface area contributed by atoms with E-state index < -0.39 is 0 Å². The van der Waals surface area contributed by atoms with Crippen molar-refractivity contribution in [1.29, 1.82) is 0 Å².